The molecule has 2 atom stereocenters. The smallest absolute Gasteiger partial charge is 0.266 e. The molecule has 0 aliphatic heterocycles. The molecule has 1 aliphatic rings. The summed E-state index contributed by atoms with van der Waals surface area (Å²) in [5.41, 5.74) is 5.69. The number of aromatic nitrogens is 2. The molecule has 4 N–H and O–H groups in total. The van der Waals surface area contributed by atoms with Gasteiger partial charge in [-0.25, -0.2) is 4.98 Å². The third-order valence-electron chi connectivity index (χ3n) is 3.33. The van der Waals surface area contributed by atoms with Crippen molar-refractivity contribution in [2.24, 2.45) is 11.7 Å². The maximum Gasteiger partial charge on any atom is 0.266 e. The minimum atomic E-state index is -0.0943. The highest BCUT2D eigenvalue weighted by molar-refractivity contribution is 14.1. The molecular formula is C11H17IN4O. The van der Waals surface area contributed by atoms with Crippen LogP contribution in [-0.4, -0.2) is 22.6 Å². The Kier molecular flexibility index (Phi) is 4.38. The SMILES string of the molecule is NCC1CCCCC1Nc1nc[nH]c(=O)c1I. The summed E-state index contributed by atoms with van der Waals surface area (Å²) in [6.07, 6.45) is 6.17. The molecule has 94 valence electrons. The van der Waals surface area contributed by atoms with Crippen LogP contribution in [0, 0.1) is 9.49 Å². The molecule has 1 aromatic rings. The van der Waals surface area contributed by atoms with Crippen LogP contribution >= 0.6 is 22.6 Å². The van der Waals surface area contributed by atoms with Gasteiger partial charge in [0.25, 0.3) is 5.56 Å². The van der Waals surface area contributed by atoms with Crippen molar-refractivity contribution in [3.63, 3.8) is 0 Å². The summed E-state index contributed by atoms with van der Waals surface area (Å²) in [5.74, 6) is 1.17. The fourth-order valence-corrected chi connectivity index (χ4v) is 2.79. The number of rotatable bonds is 3. The molecule has 5 nitrogen and oxygen atoms in total. The molecule has 0 aromatic carbocycles. The number of hydrogen-bond donors (Lipinski definition) is 3. The van der Waals surface area contributed by atoms with Crippen molar-refractivity contribution in [2.45, 2.75) is 31.7 Å². The maximum atomic E-state index is 11.5. The zero-order valence-electron chi connectivity index (χ0n) is 9.58. The van der Waals surface area contributed by atoms with Crippen LogP contribution in [0.25, 0.3) is 0 Å². The Morgan fingerprint density at radius 2 is 2.29 bits per heavy atom. The second-order valence-electron chi connectivity index (χ2n) is 4.43. The van der Waals surface area contributed by atoms with Gasteiger partial charge in [-0.3, -0.25) is 4.79 Å². The van der Waals surface area contributed by atoms with Gasteiger partial charge in [0.05, 0.1) is 6.33 Å². The van der Waals surface area contributed by atoms with Crippen molar-refractivity contribution in [2.75, 3.05) is 11.9 Å². The van der Waals surface area contributed by atoms with Crippen molar-refractivity contribution in [1.29, 1.82) is 0 Å². The lowest BCUT2D eigenvalue weighted by Gasteiger charge is -2.31. The van der Waals surface area contributed by atoms with Crippen molar-refractivity contribution >= 4 is 28.4 Å². The molecular weight excluding hydrogens is 331 g/mol. The van der Waals surface area contributed by atoms with Gasteiger partial charge in [-0.1, -0.05) is 12.8 Å². The highest BCUT2D eigenvalue weighted by atomic mass is 127. The molecule has 6 heteroatoms. The maximum absolute atomic E-state index is 11.5. The van der Waals surface area contributed by atoms with E-state index in [1.54, 1.807) is 0 Å². The number of halogens is 1. The van der Waals surface area contributed by atoms with E-state index in [9.17, 15) is 4.79 Å². The topological polar surface area (TPSA) is 83.8 Å². The summed E-state index contributed by atoms with van der Waals surface area (Å²) in [6, 6.07) is 0.344. The molecule has 1 aromatic heterocycles. The highest BCUT2D eigenvalue weighted by Crippen LogP contribution is 2.26. The second kappa shape index (κ2) is 5.81. The monoisotopic (exact) mass is 348 g/mol. The van der Waals surface area contributed by atoms with Crippen LogP contribution in [0.3, 0.4) is 0 Å². The zero-order chi connectivity index (χ0) is 12.3. The fraction of sp³-hybridized carbons (Fsp3) is 0.636. The largest absolute Gasteiger partial charge is 0.366 e. The quantitative estimate of drug-likeness (QED) is 0.719. The first kappa shape index (κ1) is 12.8. The van der Waals surface area contributed by atoms with Crippen molar-refractivity contribution < 1.29 is 0 Å². The molecule has 0 radical (unpaired) electrons. The lowest BCUT2D eigenvalue weighted by molar-refractivity contribution is 0.332. The minimum Gasteiger partial charge on any atom is -0.366 e. The van der Waals surface area contributed by atoms with Crippen LogP contribution in [0.15, 0.2) is 11.1 Å². The van der Waals surface area contributed by atoms with E-state index in [0.717, 1.165) is 12.8 Å². The van der Waals surface area contributed by atoms with Crippen molar-refractivity contribution in [1.82, 2.24) is 9.97 Å². The number of nitrogens with two attached hydrogens (primary N) is 1. The Bertz CT molecular complexity index is 434. The van der Waals surface area contributed by atoms with Crippen LogP contribution in [0.5, 0.6) is 0 Å². The lowest BCUT2D eigenvalue weighted by Crippen LogP contribution is -2.37. The molecule has 0 spiro atoms. The Labute approximate surface area is 114 Å². The first-order valence-corrected chi connectivity index (χ1v) is 7.00. The number of aromatic amines is 1. The zero-order valence-corrected chi connectivity index (χ0v) is 11.7. The van der Waals surface area contributed by atoms with Crippen LogP contribution in [-0.2, 0) is 0 Å². The Hall–Kier alpha value is -0.630. The fourth-order valence-electron chi connectivity index (χ4n) is 2.34. The van der Waals surface area contributed by atoms with E-state index in [1.807, 2.05) is 22.6 Å². The number of nitrogens with one attached hydrogen (secondary N) is 2. The lowest BCUT2D eigenvalue weighted by atomic mass is 9.84. The van der Waals surface area contributed by atoms with E-state index in [1.165, 1.54) is 19.2 Å². The van der Waals surface area contributed by atoms with Gasteiger partial charge in [0.15, 0.2) is 0 Å². The first-order chi connectivity index (χ1) is 8.22. The predicted molar refractivity (Wildman–Crippen MR) is 76.0 cm³/mol. The van der Waals surface area contributed by atoms with Gasteiger partial charge in [-0.15, -0.1) is 0 Å². The summed E-state index contributed by atoms with van der Waals surface area (Å²) >= 11 is 2.02. The molecule has 0 bridgehead atoms. The molecule has 17 heavy (non-hydrogen) atoms. The molecule has 2 rings (SSSR count). The van der Waals surface area contributed by atoms with Gasteiger partial charge in [0.2, 0.25) is 0 Å². The summed E-state index contributed by atoms with van der Waals surface area (Å²) < 4.78 is 0.617. The van der Waals surface area contributed by atoms with E-state index in [2.05, 4.69) is 15.3 Å². The molecule has 1 heterocycles. The van der Waals surface area contributed by atoms with E-state index in [0.29, 0.717) is 27.9 Å². The van der Waals surface area contributed by atoms with Crippen LogP contribution in [0.1, 0.15) is 25.7 Å². The van der Waals surface area contributed by atoms with Gasteiger partial charge in [-0.2, -0.15) is 0 Å². The third-order valence-corrected chi connectivity index (χ3v) is 4.33. The molecule has 1 fully saturated rings. The van der Waals surface area contributed by atoms with Gasteiger partial charge in [0, 0.05) is 6.04 Å². The number of nitrogens with zero attached hydrogens (tertiary/aromatic N) is 1. The average molecular weight is 348 g/mol. The average Bonchev–Trinajstić information content (AvgIpc) is 2.35. The number of hydrogen-bond acceptors (Lipinski definition) is 4. The third kappa shape index (κ3) is 2.98. The van der Waals surface area contributed by atoms with E-state index in [-0.39, 0.29) is 5.56 Å². The molecule has 1 aliphatic carbocycles. The Morgan fingerprint density at radius 3 is 3.06 bits per heavy atom. The van der Waals surface area contributed by atoms with Crippen molar-refractivity contribution in [3.05, 3.63) is 20.3 Å². The van der Waals surface area contributed by atoms with Gasteiger partial charge in [-0.05, 0) is 47.9 Å². The molecule has 2 unspecified atom stereocenters. The highest BCUT2D eigenvalue weighted by Gasteiger charge is 2.24. The summed E-state index contributed by atoms with van der Waals surface area (Å²) in [7, 11) is 0. The number of anilines is 1. The second-order valence-corrected chi connectivity index (χ2v) is 5.50. The number of H-pyrrole nitrogens is 1. The minimum absolute atomic E-state index is 0.0943. The molecule has 0 saturated heterocycles. The van der Waals surface area contributed by atoms with E-state index >= 15 is 0 Å². The normalized spacial score (nSPS) is 24.6. The molecule has 1 saturated carbocycles. The first-order valence-electron chi connectivity index (χ1n) is 5.92. The van der Waals surface area contributed by atoms with E-state index in [4.69, 9.17) is 5.73 Å². The van der Waals surface area contributed by atoms with Gasteiger partial charge >= 0.3 is 0 Å². The summed E-state index contributed by atoms with van der Waals surface area (Å²) in [4.78, 5) is 18.2. The Morgan fingerprint density at radius 1 is 1.53 bits per heavy atom. The molecule has 0 amide bonds. The van der Waals surface area contributed by atoms with Gasteiger partial charge < -0.3 is 16.0 Å². The summed E-state index contributed by atoms with van der Waals surface area (Å²) in [5, 5.41) is 3.37. The van der Waals surface area contributed by atoms with Crippen LogP contribution < -0.4 is 16.6 Å². The van der Waals surface area contributed by atoms with Gasteiger partial charge in [0.1, 0.15) is 9.39 Å². The van der Waals surface area contributed by atoms with Crippen molar-refractivity contribution in [3.8, 4) is 0 Å². The summed E-state index contributed by atoms with van der Waals surface area (Å²) in [6.45, 7) is 0.692. The van der Waals surface area contributed by atoms with E-state index < -0.39 is 0 Å². The standard InChI is InChI=1S/C11H17IN4O/c12-9-10(14-6-15-11(9)17)16-8-4-2-1-3-7(8)5-13/h6-8H,1-5,13H2,(H2,14,15,16,17). The Balaban J connectivity index is 2.13. The van der Waals surface area contributed by atoms with Crippen LogP contribution in [0.2, 0.25) is 0 Å². The predicted octanol–water partition coefficient (Wildman–Crippen LogP) is 1.30. The van der Waals surface area contributed by atoms with Crippen LogP contribution in [0.4, 0.5) is 5.82 Å².